The molecule has 0 fully saturated rings. The molecule has 0 aliphatic heterocycles. The highest BCUT2D eigenvalue weighted by Crippen LogP contribution is 2.21. The zero-order valence-electron chi connectivity index (χ0n) is 8.75. The number of rotatable bonds is 2. The Morgan fingerprint density at radius 1 is 1.28 bits per heavy atom. The van der Waals surface area contributed by atoms with E-state index in [9.17, 15) is 22.4 Å². The first-order valence-electron chi connectivity index (χ1n) is 4.82. The standard InChI is InChI=1S/C11H6F4N2O/c12-7-2-1-5-3-6(17-11(18)10(14)15)4-16-9(5)8(7)13/h1-4,10H,(H,17,18). The van der Waals surface area contributed by atoms with Crippen LogP contribution in [0.25, 0.3) is 10.9 Å². The van der Waals surface area contributed by atoms with Crippen molar-refractivity contribution < 1.29 is 22.4 Å². The van der Waals surface area contributed by atoms with E-state index in [-0.39, 0.29) is 16.6 Å². The van der Waals surface area contributed by atoms with Crippen molar-refractivity contribution in [2.24, 2.45) is 0 Å². The Morgan fingerprint density at radius 3 is 2.67 bits per heavy atom. The van der Waals surface area contributed by atoms with E-state index in [4.69, 9.17) is 0 Å². The van der Waals surface area contributed by atoms with E-state index in [0.717, 1.165) is 12.3 Å². The summed E-state index contributed by atoms with van der Waals surface area (Å²) < 4.78 is 50.2. The molecule has 1 aromatic carbocycles. The predicted octanol–water partition coefficient (Wildman–Crippen LogP) is 2.72. The Balaban J connectivity index is 2.40. The van der Waals surface area contributed by atoms with Crippen LogP contribution in [0.1, 0.15) is 0 Å². The number of aromatic nitrogens is 1. The smallest absolute Gasteiger partial charge is 0.315 e. The number of amides is 1. The highest BCUT2D eigenvalue weighted by atomic mass is 19.3. The topological polar surface area (TPSA) is 42.0 Å². The summed E-state index contributed by atoms with van der Waals surface area (Å²) >= 11 is 0. The third-order valence-corrected chi connectivity index (χ3v) is 2.21. The van der Waals surface area contributed by atoms with Gasteiger partial charge in [-0.1, -0.05) is 0 Å². The van der Waals surface area contributed by atoms with Gasteiger partial charge < -0.3 is 5.32 Å². The maximum absolute atomic E-state index is 13.3. The van der Waals surface area contributed by atoms with Gasteiger partial charge in [-0.05, 0) is 18.2 Å². The second-order valence-corrected chi connectivity index (χ2v) is 3.45. The number of halogens is 4. The van der Waals surface area contributed by atoms with Crippen molar-refractivity contribution in [1.29, 1.82) is 0 Å². The van der Waals surface area contributed by atoms with Crippen LogP contribution in [-0.4, -0.2) is 17.3 Å². The molecule has 3 nitrogen and oxygen atoms in total. The molecule has 0 bridgehead atoms. The average molecular weight is 258 g/mol. The van der Waals surface area contributed by atoms with Crippen molar-refractivity contribution >= 4 is 22.5 Å². The zero-order valence-corrected chi connectivity index (χ0v) is 8.75. The zero-order chi connectivity index (χ0) is 13.3. The molecule has 1 heterocycles. The molecule has 1 N–H and O–H groups in total. The molecule has 1 aromatic heterocycles. The summed E-state index contributed by atoms with van der Waals surface area (Å²) in [5, 5.41) is 2.10. The number of carbonyl (C=O) groups is 1. The summed E-state index contributed by atoms with van der Waals surface area (Å²) in [6.07, 6.45) is -2.18. The highest BCUT2D eigenvalue weighted by Gasteiger charge is 2.16. The quantitative estimate of drug-likeness (QED) is 0.841. The minimum Gasteiger partial charge on any atom is -0.320 e. The lowest BCUT2D eigenvalue weighted by Gasteiger charge is -2.05. The van der Waals surface area contributed by atoms with E-state index >= 15 is 0 Å². The fourth-order valence-electron chi connectivity index (χ4n) is 1.41. The van der Waals surface area contributed by atoms with Crippen molar-refractivity contribution in [2.75, 3.05) is 5.32 Å². The van der Waals surface area contributed by atoms with Crippen LogP contribution in [-0.2, 0) is 4.79 Å². The van der Waals surface area contributed by atoms with Gasteiger partial charge in [-0.25, -0.2) is 8.78 Å². The van der Waals surface area contributed by atoms with Crippen molar-refractivity contribution in [3.63, 3.8) is 0 Å². The summed E-state index contributed by atoms with van der Waals surface area (Å²) in [4.78, 5) is 14.3. The number of benzene rings is 1. The van der Waals surface area contributed by atoms with Crippen LogP contribution in [0.2, 0.25) is 0 Å². The maximum atomic E-state index is 13.3. The van der Waals surface area contributed by atoms with Crippen molar-refractivity contribution in [3.05, 3.63) is 36.0 Å². The number of nitrogens with zero attached hydrogens (tertiary/aromatic N) is 1. The molecule has 0 unspecified atom stereocenters. The molecule has 18 heavy (non-hydrogen) atoms. The van der Waals surface area contributed by atoms with E-state index in [2.05, 4.69) is 4.98 Å². The Morgan fingerprint density at radius 2 is 2.00 bits per heavy atom. The van der Waals surface area contributed by atoms with Crippen LogP contribution in [0.15, 0.2) is 24.4 Å². The van der Waals surface area contributed by atoms with Gasteiger partial charge in [0, 0.05) is 5.39 Å². The van der Waals surface area contributed by atoms with Crippen molar-refractivity contribution in [2.45, 2.75) is 6.43 Å². The van der Waals surface area contributed by atoms with Crippen molar-refractivity contribution in [1.82, 2.24) is 4.98 Å². The lowest BCUT2D eigenvalue weighted by Crippen LogP contribution is -2.20. The molecule has 2 aromatic rings. The summed E-state index contributed by atoms with van der Waals surface area (Å²) in [6.45, 7) is 0. The molecule has 0 saturated heterocycles. The maximum Gasteiger partial charge on any atom is 0.315 e. The Kier molecular flexibility index (Phi) is 3.14. The third kappa shape index (κ3) is 2.24. The average Bonchev–Trinajstić information content (AvgIpc) is 2.34. The Bertz CT molecular complexity index is 615. The van der Waals surface area contributed by atoms with Crippen LogP contribution in [0.3, 0.4) is 0 Å². The summed E-state index contributed by atoms with van der Waals surface area (Å²) in [5.41, 5.74) is -0.246. The molecule has 2 rings (SSSR count). The van der Waals surface area contributed by atoms with Crippen LogP contribution < -0.4 is 5.32 Å². The van der Waals surface area contributed by atoms with Gasteiger partial charge in [0.2, 0.25) is 0 Å². The molecule has 0 aliphatic rings. The number of anilines is 1. The number of hydrogen-bond donors (Lipinski definition) is 1. The number of hydrogen-bond acceptors (Lipinski definition) is 2. The highest BCUT2D eigenvalue weighted by molar-refractivity contribution is 5.94. The molecule has 7 heteroatoms. The summed E-state index contributed by atoms with van der Waals surface area (Å²) in [5.74, 6) is -3.67. The van der Waals surface area contributed by atoms with Gasteiger partial charge in [0.25, 0.3) is 5.91 Å². The molecular formula is C11H6F4N2O. The monoisotopic (exact) mass is 258 g/mol. The molecular weight excluding hydrogens is 252 g/mol. The molecule has 0 spiro atoms. The van der Waals surface area contributed by atoms with E-state index in [1.54, 1.807) is 0 Å². The van der Waals surface area contributed by atoms with Crippen LogP contribution in [0, 0.1) is 11.6 Å². The summed E-state index contributed by atoms with van der Waals surface area (Å²) in [6, 6.07) is 3.35. The minimum atomic E-state index is -3.16. The lowest BCUT2D eigenvalue weighted by atomic mass is 10.2. The largest absolute Gasteiger partial charge is 0.320 e. The number of carbonyl (C=O) groups excluding carboxylic acids is 1. The van der Waals surface area contributed by atoms with E-state index < -0.39 is 24.0 Å². The minimum absolute atomic E-state index is 0.0150. The van der Waals surface area contributed by atoms with Crippen molar-refractivity contribution in [3.8, 4) is 0 Å². The molecule has 1 amide bonds. The van der Waals surface area contributed by atoms with E-state index in [1.807, 2.05) is 5.32 Å². The van der Waals surface area contributed by atoms with Gasteiger partial charge in [-0.2, -0.15) is 8.78 Å². The molecule has 0 atom stereocenters. The number of alkyl halides is 2. The third-order valence-electron chi connectivity index (χ3n) is 2.21. The lowest BCUT2D eigenvalue weighted by molar-refractivity contribution is -0.126. The second kappa shape index (κ2) is 4.59. The first-order chi connectivity index (χ1) is 8.49. The van der Waals surface area contributed by atoms with Gasteiger partial charge in [0.05, 0.1) is 11.9 Å². The number of fused-ring (bicyclic) bond motifs is 1. The van der Waals surface area contributed by atoms with Gasteiger partial charge >= 0.3 is 6.43 Å². The van der Waals surface area contributed by atoms with Gasteiger partial charge in [0.1, 0.15) is 5.52 Å². The van der Waals surface area contributed by atoms with Gasteiger partial charge in [0.15, 0.2) is 11.6 Å². The van der Waals surface area contributed by atoms with E-state index in [1.165, 1.54) is 12.1 Å². The first-order valence-corrected chi connectivity index (χ1v) is 4.82. The molecule has 0 radical (unpaired) electrons. The Hall–Kier alpha value is -2.18. The van der Waals surface area contributed by atoms with Crippen LogP contribution >= 0.6 is 0 Å². The number of pyridine rings is 1. The van der Waals surface area contributed by atoms with Gasteiger partial charge in [-0.15, -0.1) is 0 Å². The Labute approximate surface area is 98.4 Å². The van der Waals surface area contributed by atoms with Crippen LogP contribution in [0.5, 0.6) is 0 Å². The first kappa shape index (κ1) is 12.3. The van der Waals surface area contributed by atoms with Crippen LogP contribution in [0.4, 0.5) is 23.2 Å². The number of nitrogens with one attached hydrogen (secondary N) is 1. The SMILES string of the molecule is O=C(Nc1cnc2c(F)c(F)ccc2c1)C(F)F. The second-order valence-electron chi connectivity index (χ2n) is 3.45. The molecule has 0 aliphatic carbocycles. The summed E-state index contributed by atoms with van der Waals surface area (Å²) in [7, 11) is 0. The predicted molar refractivity (Wildman–Crippen MR) is 56.3 cm³/mol. The van der Waals surface area contributed by atoms with Gasteiger partial charge in [-0.3, -0.25) is 9.78 Å². The van der Waals surface area contributed by atoms with E-state index in [0.29, 0.717) is 0 Å². The fraction of sp³-hybridized carbons (Fsp3) is 0.0909. The molecule has 94 valence electrons. The molecule has 0 saturated carbocycles. The normalized spacial score (nSPS) is 10.9. The fourth-order valence-corrected chi connectivity index (χ4v) is 1.41.